The van der Waals surface area contributed by atoms with Crippen molar-refractivity contribution < 1.29 is 9.32 Å². The molecule has 0 atom stereocenters. The lowest BCUT2D eigenvalue weighted by molar-refractivity contribution is 0.0745. The number of hydrogen-bond donors (Lipinski definition) is 0. The molecule has 0 aliphatic carbocycles. The van der Waals surface area contributed by atoms with Crippen LogP contribution < -0.4 is 0 Å². The molecule has 0 radical (unpaired) electrons. The van der Waals surface area contributed by atoms with Gasteiger partial charge in [-0.1, -0.05) is 40.5 Å². The van der Waals surface area contributed by atoms with Crippen LogP contribution in [0.25, 0.3) is 11.4 Å². The number of halogens is 1. The van der Waals surface area contributed by atoms with Crippen molar-refractivity contribution in [3.05, 3.63) is 83.2 Å². The van der Waals surface area contributed by atoms with Gasteiger partial charge in [0.05, 0.1) is 0 Å². The zero-order valence-electron chi connectivity index (χ0n) is 14.4. The molecule has 0 bridgehead atoms. The van der Waals surface area contributed by atoms with Crippen LogP contribution in [0.15, 0.2) is 65.7 Å². The molecular formula is C20H18ClN3O2. The lowest BCUT2D eigenvalue weighted by atomic mass is 10.1. The Bertz CT molecular complexity index is 902. The number of benzene rings is 2. The largest absolute Gasteiger partial charge is 0.337 e. The Kier molecular flexibility index (Phi) is 5.49. The zero-order valence-corrected chi connectivity index (χ0v) is 15.1. The molecule has 6 heteroatoms. The quantitative estimate of drug-likeness (QED) is 0.601. The highest BCUT2D eigenvalue weighted by Gasteiger charge is 2.18. The summed E-state index contributed by atoms with van der Waals surface area (Å²) < 4.78 is 5.31. The maximum Gasteiger partial charge on any atom is 0.254 e. The number of aromatic nitrogens is 2. The Morgan fingerprint density at radius 1 is 1.19 bits per heavy atom. The highest BCUT2D eigenvalue weighted by atomic mass is 35.5. The van der Waals surface area contributed by atoms with Crippen molar-refractivity contribution in [3.63, 3.8) is 0 Å². The van der Waals surface area contributed by atoms with Gasteiger partial charge in [0.15, 0.2) is 0 Å². The summed E-state index contributed by atoms with van der Waals surface area (Å²) in [7, 11) is 0. The van der Waals surface area contributed by atoms with Gasteiger partial charge in [-0.15, -0.1) is 6.58 Å². The van der Waals surface area contributed by atoms with Crippen LogP contribution >= 0.6 is 11.6 Å². The second-order valence-corrected chi connectivity index (χ2v) is 6.30. The molecule has 0 aliphatic heterocycles. The molecule has 0 unspecified atom stereocenters. The van der Waals surface area contributed by atoms with Crippen LogP contribution in [0.2, 0.25) is 5.02 Å². The fraction of sp³-hybridized carbons (Fsp3) is 0.150. The fourth-order valence-corrected chi connectivity index (χ4v) is 2.58. The van der Waals surface area contributed by atoms with Crippen LogP contribution in [0.1, 0.15) is 21.8 Å². The molecule has 1 heterocycles. The van der Waals surface area contributed by atoms with Gasteiger partial charge in [-0.25, -0.2) is 0 Å². The summed E-state index contributed by atoms with van der Waals surface area (Å²) in [6.45, 7) is 6.29. The van der Waals surface area contributed by atoms with Crippen LogP contribution in [-0.4, -0.2) is 27.5 Å². The van der Waals surface area contributed by atoms with Crippen molar-refractivity contribution in [2.24, 2.45) is 0 Å². The minimum atomic E-state index is -0.115. The number of carbonyl (C=O) groups excluding carboxylic acids is 1. The number of amides is 1. The minimum absolute atomic E-state index is 0.115. The molecule has 0 saturated heterocycles. The molecule has 0 aliphatic rings. The predicted octanol–water partition coefficient (Wildman–Crippen LogP) is 4.53. The summed E-state index contributed by atoms with van der Waals surface area (Å²) in [5.41, 5.74) is 2.50. The SMILES string of the molecule is C=CCN(Cc1nc(-c2ccc(Cl)cc2)no1)C(=O)c1ccc(C)cc1. The zero-order chi connectivity index (χ0) is 18.5. The van der Waals surface area contributed by atoms with E-state index in [0.29, 0.717) is 28.8 Å². The van der Waals surface area contributed by atoms with Crippen molar-refractivity contribution in [3.8, 4) is 11.4 Å². The third-order valence-corrected chi connectivity index (χ3v) is 4.08. The van der Waals surface area contributed by atoms with E-state index in [-0.39, 0.29) is 12.5 Å². The molecule has 3 rings (SSSR count). The van der Waals surface area contributed by atoms with Gasteiger partial charge in [-0.3, -0.25) is 4.79 Å². The average Bonchev–Trinajstić information content (AvgIpc) is 3.10. The van der Waals surface area contributed by atoms with Crippen molar-refractivity contribution in [1.29, 1.82) is 0 Å². The van der Waals surface area contributed by atoms with Crippen LogP contribution in [0.3, 0.4) is 0 Å². The van der Waals surface area contributed by atoms with Gasteiger partial charge in [0, 0.05) is 22.7 Å². The average molecular weight is 368 g/mol. The lowest BCUT2D eigenvalue weighted by Crippen LogP contribution is -2.30. The van der Waals surface area contributed by atoms with E-state index in [4.69, 9.17) is 16.1 Å². The topological polar surface area (TPSA) is 59.2 Å². The van der Waals surface area contributed by atoms with E-state index >= 15 is 0 Å². The first kappa shape index (κ1) is 17.9. The second-order valence-electron chi connectivity index (χ2n) is 5.86. The van der Waals surface area contributed by atoms with Gasteiger partial charge in [0.1, 0.15) is 6.54 Å². The summed E-state index contributed by atoms with van der Waals surface area (Å²) in [5.74, 6) is 0.700. The molecule has 3 aromatic rings. The van der Waals surface area contributed by atoms with Crippen molar-refractivity contribution in [2.45, 2.75) is 13.5 Å². The molecular weight excluding hydrogens is 350 g/mol. The second kappa shape index (κ2) is 7.97. The Balaban J connectivity index is 1.78. The van der Waals surface area contributed by atoms with Crippen molar-refractivity contribution in [2.75, 3.05) is 6.54 Å². The molecule has 0 spiro atoms. The van der Waals surface area contributed by atoms with Gasteiger partial charge in [-0.2, -0.15) is 4.98 Å². The van der Waals surface area contributed by atoms with Crippen molar-refractivity contribution in [1.82, 2.24) is 15.0 Å². The highest BCUT2D eigenvalue weighted by molar-refractivity contribution is 6.30. The maximum absolute atomic E-state index is 12.7. The molecule has 2 aromatic carbocycles. The van der Waals surface area contributed by atoms with E-state index in [1.807, 2.05) is 31.2 Å². The Hall–Kier alpha value is -2.92. The summed E-state index contributed by atoms with van der Waals surface area (Å²) in [6, 6.07) is 14.6. The number of rotatable bonds is 6. The van der Waals surface area contributed by atoms with Gasteiger partial charge >= 0.3 is 0 Å². The van der Waals surface area contributed by atoms with Crippen LogP contribution in [-0.2, 0) is 6.54 Å². The van der Waals surface area contributed by atoms with Crippen LogP contribution in [0.5, 0.6) is 0 Å². The first-order chi connectivity index (χ1) is 12.6. The number of hydrogen-bond acceptors (Lipinski definition) is 4. The molecule has 0 fully saturated rings. The first-order valence-corrected chi connectivity index (χ1v) is 8.50. The van der Waals surface area contributed by atoms with Gasteiger partial charge in [-0.05, 0) is 43.3 Å². The van der Waals surface area contributed by atoms with Crippen LogP contribution in [0, 0.1) is 6.92 Å². The van der Waals surface area contributed by atoms with E-state index in [0.717, 1.165) is 11.1 Å². The summed E-state index contributed by atoms with van der Waals surface area (Å²) in [4.78, 5) is 18.7. The predicted molar refractivity (Wildman–Crippen MR) is 101 cm³/mol. The van der Waals surface area contributed by atoms with E-state index in [1.54, 1.807) is 35.2 Å². The smallest absolute Gasteiger partial charge is 0.254 e. The molecule has 0 N–H and O–H groups in total. The van der Waals surface area contributed by atoms with E-state index < -0.39 is 0 Å². The van der Waals surface area contributed by atoms with Crippen molar-refractivity contribution >= 4 is 17.5 Å². The van der Waals surface area contributed by atoms with Crippen LogP contribution in [0.4, 0.5) is 0 Å². The standard InChI is InChI=1S/C20H18ClN3O2/c1-3-12-24(20(25)16-6-4-14(2)5-7-16)13-18-22-19(23-26-18)15-8-10-17(21)11-9-15/h3-11H,1,12-13H2,2H3. The van der Waals surface area contributed by atoms with E-state index in [9.17, 15) is 4.79 Å². The molecule has 1 aromatic heterocycles. The Labute approximate surface area is 156 Å². The maximum atomic E-state index is 12.7. The molecule has 5 nitrogen and oxygen atoms in total. The van der Waals surface area contributed by atoms with E-state index in [2.05, 4.69) is 16.7 Å². The Morgan fingerprint density at radius 2 is 1.88 bits per heavy atom. The van der Waals surface area contributed by atoms with Gasteiger partial charge in [0.25, 0.3) is 5.91 Å². The molecule has 132 valence electrons. The Morgan fingerprint density at radius 3 is 2.54 bits per heavy atom. The monoisotopic (exact) mass is 367 g/mol. The third-order valence-electron chi connectivity index (χ3n) is 3.83. The first-order valence-electron chi connectivity index (χ1n) is 8.12. The summed E-state index contributed by atoms with van der Waals surface area (Å²) >= 11 is 5.89. The van der Waals surface area contributed by atoms with Gasteiger partial charge < -0.3 is 9.42 Å². The number of carbonyl (C=O) groups is 1. The molecule has 26 heavy (non-hydrogen) atoms. The van der Waals surface area contributed by atoms with E-state index in [1.165, 1.54) is 0 Å². The molecule has 1 amide bonds. The van der Waals surface area contributed by atoms with Gasteiger partial charge in [0.2, 0.25) is 11.7 Å². The highest BCUT2D eigenvalue weighted by Crippen LogP contribution is 2.19. The summed E-state index contributed by atoms with van der Waals surface area (Å²) in [5, 5.41) is 4.62. The molecule has 0 saturated carbocycles. The lowest BCUT2D eigenvalue weighted by Gasteiger charge is -2.19. The fourth-order valence-electron chi connectivity index (χ4n) is 2.45. The normalized spacial score (nSPS) is 10.5. The number of nitrogens with zero attached hydrogens (tertiary/aromatic N) is 3. The number of aryl methyl sites for hydroxylation is 1. The third kappa shape index (κ3) is 4.18. The minimum Gasteiger partial charge on any atom is -0.337 e. The summed E-state index contributed by atoms with van der Waals surface area (Å²) in [6.07, 6.45) is 1.67.